The Hall–Kier alpha value is -0.920. The molecule has 0 N–H and O–H groups in total. The maximum atomic E-state index is 2.48. The summed E-state index contributed by atoms with van der Waals surface area (Å²) in [5.41, 5.74) is 2.37. The van der Waals surface area contributed by atoms with Gasteiger partial charge in [0.05, 0.1) is 0 Å². The van der Waals surface area contributed by atoms with E-state index in [0.29, 0.717) is 11.6 Å². The number of rotatable bonds is 2. The third-order valence-corrected chi connectivity index (χ3v) is 3.68. The molecule has 0 aromatic rings. The van der Waals surface area contributed by atoms with E-state index in [-0.39, 0.29) is 0 Å². The van der Waals surface area contributed by atoms with Crippen molar-refractivity contribution in [1.82, 2.24) is 9.80 Å². The molecule has 0 saturated heterocycles. The van der Waals surface area contributed by atoms with Gasteiger partial charge in [0.2, 0.25) is 0 Å². The van der Waals surface area contributed by atoms with Crippen LogP contribution in [-0.2, 0) is 0 Å². The molecule has 3 rings (SSSR count). The van der Waals surface area contributed by atoms with Crippen molar-refractivity contribution >= 4 is 0 Å². The van der Waals surface area contributed by atoms with Crippen LogP contribution in [0.3, 0.4) is 0 Å². The summed E-state index contributed by atoms with van der Waals surface area (Å²) in [6.07, 6.45) is 11.5. The van der Waals surface area contributed by atoms with Crippen molar-refractivity contribution in [1.29, 1.82) is 0 Å². The SMILES string of the molecule is CN1C=CN(C)C1CC1=CC12CC2. The maximum Gasteiger partial charge on any atom is 0.104 e. The summed E-state index contributed by atoms with van der Waals surface area (Å²) < 4.78 is 0. The van der Waals surface area contributed by atoms with Crippen LogP contribution in [0.15, 0.2) is 24.0 Å². The highest BCUT2D eigenvalue weighted by atomic mass is 15.4. The van der Waals surface area contributed by atoms with E-state index >= 15 is 0 Å². The number of hydrogen-bond donors (Lipinski definition) is 0. The summed E-state index contributed by atoms with van der Waals surface area (Å²) >= 11 is 0. The van der Waals surface area contributed by atoms with Gasteiger partial charge in [-0.05, 0) is 12.8 Å². The summed E-state index contributed by atoms with van der Waals surface area (Å²) in [5, 5.41) is 0. The molecule has 1 fully saturated rings. The van der Waals surface area contributed by atoms with Crippen molar-refractivity contribution in [2.45, 2.75) is 25.4 Å². The molecule has 0 radical (unpaired) electrons. The molecule has 0 unspecified atom stereocenters. The molecule has 0 amide bonds. The molecule has 2 aliphatic carbocycles. The van der Waals surface area contributed by atoms with Crippen LogP contribution < -0.4 is 0 Å². The van der Waals surface area contributed by atoms with Gasteiger partial charge in [-0.2, -0.15) is 0 Å². The van der Waals surface area contributed by atoms with E-state index in [0.717, 1.165) is 0 Å². The van der Waals surface area contributed by atoms with Crippen LogP contribution in [0.5, 0.6) is 0 Å². The maximum absolute atomic E-state index is 2.48. The largest absolute Gasteiger partial charge is 0.359 e. The first-order chi connectivity index (χ1) is 6.21. The van der Waals surface area contributed by atoms with E-state index < -0.39 is 0 Å². The molecule has 0 bridgehead atoms. The minimum atomic E-state index is 0.575. The van der Waals surface area contributed by atoms with Gasteiger partial charge in [0.15, 0.2) is 0 Å². The zero-order valence-electron chi connectivity index (χ0n) is 8.33. The first-order valence-electron chi connectivity index (χ1n) is 5.06. The van der Waals surface area contributed by atoms with Crippen molar-refractivity contribution in [2.24, 2.45) is 5.41 Å². The molecule has 13 heavy (non-hydrogen) atoms. The predicted molar refractivity (Wildman–Crippen MR) is 52.8 cm³/mol. The number of allylic oxidation sites excluding steroid dienone is 1. The van der Waals surface area contributed by atoms with Gasteiger partial charge in [-0.1, -0.05) is 11.6 Å². The zero-order valence-corrected chi connectivity index (χ0v) is 8.33. The molecule has 1 aliphatic heterocycles. The van der Waals surface area contributed by atoms with Crippen LogP contribution in [0.2, 0.25) is 0 Å². The van der Waals surface area contributed by atoms with Gasteiger partial charge in [-0.25, -0.2) is 0 Å². The highest BCUT2D eigenvalue weighted by molar-refractivity contribution is 5.45. The smallest absolute Gasteiger partial charge is 0.104 e. The Morgan fingerprint density at radius 1 is 1.31 bits per heavy atom. The van der Waals surface area contributed by atoms with Crippen LogP contribution in [0.25, 0.3) is 0 Å². The Balaban J connectivity index is 1.63. The molecule has 3 aliphatic rings. The van der Waals surface area contributed by atoms with Crippen LogP contribution in [0, 0.1) is 5.41 Å². The molecule has 1 saturated carbocycles. The second kappa shape index (κ2) is 2.11. The fourth-order valence-electron chi connectivity index (χ4n) is 2.34. The number of nitrogens with zero attached hydrogens (tertiary/aromatic N) is 2. The quantitative estimate of drug-likeness (QED) is 0.592. The topological polar surface area (TPSA) is 6.48 Å². The van der Waals surface area contributed by atoms with Crippen LogP contribution in [0.4, 0.5) is 0 Å². The molecule has 0 aromatic carbocycles. The normalized spacial score (nSPS) is 28.6. The monoisotopic (exact) mass is 176 g/mol. The average Bonchev–Trinajstić information content (AvgIpc) is 2.98. The van der Waals surface area contributed by atoms with E-state index in [1.165, 1.54) is 19.3 Å². The van der Waals surface area contributed by atoms with E-state index in [9.17, 15) is 0 Å². The summed E-state index contributed by atoms with van der Waals surface area (Å²) in [6.45, 7) is 0. The minimum Gasteiger partial charge on any atom is -0.359 e. The highest BCUT2D eigenvalue weighted by Crippen LogP contribution is 2.65. The van der Waals surface area contributed by atoms with Crippen molar-refractivity contribution in [2.75, 3.05) is 14.1 Å². The molecule has 0 atom stereocenters. The lowest BCUT2D eigenvalue weighted by atomic mass is 10.1. The summed E-state index contributed by atoms with van der Waals surface area (Å²) in [4.78, 5) is 4.60. The van der Waals surface area contributed by atoms with Gasteiger partial charge in [-0.3, -0.25) is 0 Å². The van der Waals surface area contributed by atoms with Crippen molar-refractivity contribution in [3.05, 3.63) is 24.0 Å². The lowest BCUT2D eigenvalue weighted by Gasteiger charge is -2.27. The van der Waals surface area contributed by atoms with E-state index in [2.05, 4.69) is 42.4 Å². The lowest BCUT2D eigenvalue weighted by molar-refractivity contribution is 0.204. The van der Waals surface area contributed by atoms with Crippen molar-refractivity contribution in [3.8, 4) is 0 Å². The van der Waals surface area contributed by atoms with E-state index in [1.807, 2.05) is 0 Å². The fraction of sp³-hybridized carbons (Fsp3) is 0.636. The zero-order chi connectivity index (χ0) is 9.05. The Morgan fingerprint density at radius 2 is 1.92 bits per heavy atom. The predicted octanol–water partition coefficient (Wildman–Crippen LogP) is 1.77. The third kappa shape index (κ3) is 1.01. The van der Waals surface area contributed by atoms with Gasteiger partial charge >= 0.3 is 0 Å². The molecular weight excluding hydrogens is 160 g/mol. The second-order valence-corrected chi connectivity index (χ2v) is 4.64. The van der Waals surface area contributed by atoms with Gasteiger partial charge in [0.25, 0.3) is 0 Å². The van der Waals surface area contributed by atoms with E-state index in [1.54, 1.807) is 5.57 Å². The Bertz CT molecular complexity index is 287. The lowest BCUT2D eigenvalue weighted by Crippen LogP contribution is -2.33. The van der Waals surface area contributed by atoms with Crippen LogP contribution in [0.1, 0.15) is 19.3 Å². The summed E-state index contributed by atoms with van der Waals surface area (Å²) in [7, 11) is 4.32. The third-order valence-electron chi connectivity index (χ3n) is 3.68. The molecule has 70 valence electrons. The Morgan fingerprint density at radius 3 is 2.38 bits per heavy atom. The molecule has 0 aromatic heterocycles. The minimum absolute atomic E-state index is 0.575. The van der Waals surface area contributed by atoms with Crippen molar-refractivity contribution in [3.63, 3.8) is 0 Å². The average molecular weight is 176 g/mol. The van der Waals surface area contributed by atoms with Gasteiger partial charge in [-0.15, -0.1) is 0 Å². The summed E-state index contributed by atoms with van der Waals surface area (Å²) in [5.74, 6) is 0. The van der Waals surface area contributed by atoms with Crippen LogP contribution in [-0.4, -0.2) is 30.1 Å². The number of hydrogen-bond acceptors (Lipinski definition) is 2. The molecule has 1 heterocycles. The highest BCUT2D eigenvalue weighted by Gasteiger charge is 2.54. The molecular formula is C11H16N2. The molecule has 1 spiro atoms. The second-order valence-electron chi connectivity index (χ2n) is 4.64. The van der Waals surface area contributed by atoms with Gasteiger partial charge in [0, 0.05) is 38.3 Å². The molecule has 2 nitrogen and oxygen atoms in total. The molecule has 2 heteroatoms. The first-order valence-corrected chi connectivity index (χ1v) is 5.06. The summed E-state index contributed by atoms with van der Waals surface area (Å²) in [6, 6.07) is 0. The van der Waals surface area contributed by atoms with Gasteiger partial charge in [0.1, 0.15) is 6.17 Å². The van der Waals surface area contributed by atoms with Gasteiger partial charge < -0.3 is 9.80 Å². The standard InChI is InChI=1S/C11H16N2/c1-12-5-6-13(2)10(12)7-9-8-11(9)3-4-11/h5-6,8,10H,3-4,7H2,1-2H3. The van der Waals surface area contributed by atoms with Crippen LogP contribution >= 0.6 is 0 Å². The van der Waals surface area contributed by atoms with E-state index in [4.69, 9.17) is 0 Å². The fourth-order valence-corrected chi connectivity index (χ4v) is 2.34. The Kier molecular flexibility index (Phi) is 1.22. The Labute approximate surface area is 79.5 Å². The first kappa shape index (κ1) is 7.48. The van der Waals surface area contributed by atoms with Crippen molar-refractivity contribution < 1.29 is 0 Å².